The second-order valence-electron chi connectivity index (χ2n) is 5.68. The fourth-order valence-corrected chi connectivity index (χ4v) is 4.85. The van der Waals surface area contributed by atoms with E-state index in [1.54, 1.807) is 18.2 Å². The van der Waals surface area contributed by atoms with Gasteiger partial charge in [0.2, 0.25) is 0 Å². The van der Waals surface area contributed by atoms with Gasteiger partial charge in [-0.3, -0.25) is 14.4 Å². The van der Waals surface area contributed by atoms with Crippen LogP contribution in [-0.2, 0) is 16.4 Å². The van der Waals surface area contributed by atoms with Crippen LogP contribution in [0.1, 0.15) is 17.5 Å². The summed E-state index contributed by atoms with van der Waals surface area (Å²) < 4.78 is 27.5. The average molecular weight is 384 g/mol. The highest BCUT2D eigenvalue weighted by molar-refractivity contribution is 7.92. The van der Waals surface area contributed by atoms with Gasteiger partial charge in [0.1, 0.15) is 0 Å². The minimum atomic E-state index is -3.91. The van der Waals surface area contributed by atoms with Crippen LogP contribution in [0.15, 0.2) is 41.3 Å². The lowest BCUT2D eigenvalue weighted by molar-refractivity contribution is -0.385. The Morgan fingerprint density at radius 3 is 2.56 bits per heavy atom. The predicted octanol–water partition coefficient (Wildman–Crippen LogP) is 3.05. The number of fused-ring (bicyclic) bond motifs is 1. The molecule has 1 aliphatic rings. The van der Waals surface area contributed by atoms with Gasteiger partial charge >= 0.3 is 0 Å². The number of hydrogen-bond donors (Lipinski definition) is 1. The second kappa shape index (κ2) is 6.89. The molecule has 0 fully saturated rings. The maximum atomic E-state index is 13.1. The smallest absolute Gasteiger partial charge is 0.273 e. The lowest BCUT2D eigenvalue weighted by Gasteiger charge is -2.31. The van der Waals surface area contributed by atoms with Gasteiger partial charge < -0.3 is 5.73 Å². The molecule has 0 atom stereocenters. The number of nitro groups is 1. The maximum Gasteiger partial charge on any atom is 0.273 e. The first-order valence-corrected chi connectivity index (χ1v) is 8.92. The van der Waals surface area contributed by atoms with Crippen LogP contribution < -0.4 is 10.0 Å². The number of nitrogens with two attached hydrogens (primary N) is 1. The summed E-state index contributed by atoms with van der Waals surface area (Å²) in [6, 6.07) is 9.27. The van der Waals surface area contributed by atoms with Crippen LogP contribution in [0.4, 0.5) is 17.1 Å². The van der Waals surface area contributed by atoms with E-state index in [4.69, 9.17) is 5.73 Å². The number of benzene rings is 2. The van der Waals surface area contributed by atoms with Crippen molar-refractivity contribution in [1.82, 2.24) is 0 Å². The fourth-order valence-electron chi connectivity index (χ4n) is 3.07. The van der Waals surface area contributed by atoms with Crippen molar-refractivity contribution >= 4 is 39.5 Å². The molecule has 0 unspecified atom stereocenters. The number of nitrogen functional groups attached to an aromatic ring is 1. The number of nitrogens with zero attached hydrogens (tertiary/aromatic N) is 2. The summed E-state index contributed by atoms with van der Waals surface area (Å²) in [6.45, 7) is 1.77. The van der Waals surface area contributed by atoms with Gasteiger partial charge in [0.15, 0.2) is 0 Å². The highest BCUT2D eigenvalue weighted by Gasteiger charge is 2.32. The molecule has 0 spiro atoms. The predicted molar refractivity (Wildman–Crippen MR) is 98.8 cm³/mol. The zero-order chi connectivity index (χ0) is 17.5. The number of nitro benzene ring substituents is 1. The highest BCUT2D eigenvalue weighted by atomic mass is 35.5. The van der Waals surface area contributed by atoms with E-state index in [9.17, 15) is 18.5 Å². The van der Waals surface area contributed by atoms with Crippen LogP contribution in [-0.4, -0.2) is 19.9 Å². The Morgan fingerprint density at radius 1 is 1.20 bits per heavy atom. The third-order valence-corrected chi connectivity index (χ3v) is 6.22. The first-order chi connectivity index (χ1) is 11.3. The molecule has 3 rings (SSSR count). The standard InChI is InChI=1S/C16H17N3O4S.ClH/c1-11-14(19(20)21)7-3-9-16(11)24(22,23)18-10-4-5-12-13(17)6-2-8-15(12)18;/h2-3,6-9H,4-5,10,17H2,1H3;1H. The monoisotopic (exact) mass is 383 g/mol. The number of hydrogen-bond acceptors (Lipinski definition) is 5. The Labute approximate surface area is 152 Å². The lowest BCUT2D eigenvalue weighted by Crippen LogP contribution is -2.36. The number of rotatable bonds is 3. The first-order valence-electron chi connectivity index (χ1n) is 7.48. The molecule has 0 aromatic heterocycles. The van der Waals surface area contributed by atoms with Gasteiger partial charge in [0.25, 0.3) is 15.7 Å². The Morgan fingerprint density at radius 2 is 1.88 bits per heavy atom. The van der Waals surface area contributed by atoms with Crippen molar-refractivity contribution < 1.29 is 13.3 Å². The molecule has 0 saturated heterocycles. The van der Waals surface area contributed by atoms with Crippen molar-refractivity contribution in [2.24, 2.45) is 0 Å². The molecule has 0 radical (unpaired) electrons. The summed E-state index contributed by atoms with van der Waals surface area (Å²) in [7, 11) is -3.91. The van der Waals surface area contributed by atoms with Gasteiger partial charge in [-0.1, -0.05) is 12.1 Å². The highest BCUT2D eigenvalue weighted by Crippen LogP contribution is 2.36. The van der Waals surface area contributed by atoms with Gasteiger partial charge in [0, 0.05) is 23.9 Å². The van der Waals surface area contributed by atoms with E-state index in [-0.39, 0.29) is 28.6 Å². The second-order valence-corrected chi connectivity index (χ2v) is 7.51. The van der Waals surface area contributed by atoms with Crippen LogP contribution in [0.25, 0.3) is 0 Å². The summed E-state index contributed by atoms with van der Waals surface area (Å²) >= 11 is 0. The molecule has 25 heavy (non-hydrogen) atoms. The van der Waals surface area contributed by atoms with Crippen molar-refractivity contribution in [3.63, 3.8) is 0 Å². The number of sulfonamides is 1. The summed E-state index contributed by atoms with van der Waals surface area (Å²) in [5.41, 5.74) is 7.81. The van der Waals surface area contributed by atoms with E-state index in [2.05, 4.69) is 0 Å². The van der Waals surface area contributed by atoms with Crippen LogP contribution in [0, 0.1) is 17.0 Å². The summed E-state index contributed by atoms with van der Waals surface area (Å²) in [6.07, 6.45) is 1.36. The molecule has 0 saturated carbocycles. The lowest BCUT2D eigenvalue weighted by atomic mass is 10.0. The van der Waals surface area contributed by atoms with Crippen LogP contribution >= 0.6 is 12.4 Å². The molecule has 2 aromatic carbocycles. The largest absolute Gasteiger partial charge is 0.398 e. The molecule has 1 aliphatic heterocycles. The van der Waals surface area contributed by atoms with Crippen LogP contribution in [0.2, 0.25) is 0 Å². The molecule has 9 heteroatoms. The third-order valence-electron chi connectivity index (χ3n) is 4.26. The minimum Gasteiger partial charge on any atom is -0.398 e. The Balaban J connectivity index is 0.00000225. The van der Waals surface area contributed by atoms with E-state index in [1.807, 2.05) is 0 Å². The number of halogens is 1. The summed E-state index contributed by atoms with van der Waals surface area (Å²) in [5.74, 6) is 0. The molecule has 1 heterocycles. The minimum absolute atomic E-state index is 0. The Kier molecular flexibility index (Phi) is 5.24. The van der Waals surface area contributed by atoms with E-state index in [0.717, 1.165) is 5.56 Å². The molecule has 0 bridgehead atoms. The van der Waals surface area contributed by atoms with E-state index >= 15 is 0 Å². The fraction of sp³-hybridized carbons (Fsp3) is 0.250. The SMILES string of the molecule is Cc1c([N+](=O)[O-])cccc1S(=O)(=O)N1CCCc2c(N)cccc21.Cl. The van der Waals surface area contributed by atoms with Gasteiger partial charge in [-0.05, 0) is 43.5 Å². The maximum absolute atomic E-state index is 13.1. The van der Waals surface area contributed by atoms with Gasteiger partial charge in [-0.25, -0.2) is 8.42 Å². The molecular formula is C16H18ClN3O4S. The zero-order valence-corrected chi connectivity index (χ0v) is 15.1. The van der Waals surface area contributed by atoms with Gasteiger partial charge in [0.05, 0.1) is 15.5 Å². The summed E-state index contributed by atoms with van der Waals surface area (Å²) in [5, 5.41) is 11.1. The van der Waals surface area contributed by atoms with Crippen molar-refractivity contribution in [1.29, 1.82) is 0 Å². The van der Waals surface area contributed by atoms with Gasteiger partial charge in [-0.2, -0.15) is 0 Å². The Bertz CT molecular complexity index is 931. The quantitative estimate of drug-likeness (QED) is 0.498. The topological polar surface area (TPSA) is 107 Å². The number of anilines is 2. The first kappa shape index (κ1) is 19.0. The van der Waals surface area contributed by atoms with E-state index < -0.39 is 14.9 Å². The molecular weight excluding hydrogens is 366 g/mol. The normalized spacial score (nSPS) is 13.7. The van der Waals surface area contributed by atoms with Crippen molar-refractivity contribution in [3.05, 3.63) is 57.6 Å². The van der Waals surface area contributed by atoms with E-state index in [0.29, 0.717) is 30.8 Å². The van der Waals surface area contributed by atoms with Crippen molar-refractivity contribution in [2.75, 3.05) is 16.6 Å². The Hall–Kier alpha value is -2.32. The average Bonchev–Trinajstić information content (AvgIpc) is 2.54. The van der Waals surface area contributed by atoms with Crippen molar-refractivity contribution in [2.45, 2.75) is 24.7 Å². The van der Waals surface area contributed by atoms with Crippen molar-refractivity contribution in [3.8, 4) is 0 Å². The molecule has 7 nitrogen and oxygen atoms in total. The van der Waals surface area contributed by atoms with Gasteiger partial charge in [-0.15, -0.1) is 12.4 Å². The molecule has 0 aliphatic carbocycles. The third kappa shape index (κ3) is 3.14. The molecule has 2 N–H and O–H groups in total. The summed E-state index contributed by atoms with van der Waals surface area (Å²) in [4.78, 5) is 10.5. The van der Waals surface area contributed by atoms with Crippen LogP contribution in [0.5, 0.6) is 0 Å². The van der Waals surface area contributed by atoms with Crippen LogP contribution in [0.3, 0.4) is 0 Å². The zero-order valence-electron chi connectivity index (χ0n) is 13.5. The molecule has 0 amide bonds. The molecule has 134 valence electrons. The molecule has 2 aromatic rings. The van der Waals surface area contributed by atoms with E-state index in [1.165, 1.54) is 29.4 Å².